The van der Waals surface area contributed by atoms with Gasteiger partial charge in [-0.2, -0.15) is 4.57 Å². The molecule has 0 saturated carbocycles. The van der Waals surface area contributed by atoms with Crippen LogP contribution < -0.4 is 4.57 Å². The van der Waals surface area contributed by atoms with Gasteiger partial charge in [-0.15, -0.1) is 0 Å². The Morgan fingerprint density at radius 2 is 1.66 bits per heavy atom. The molecular weight excluding hydrogens is 394 g/mol. The van der Waals surface area contributed by atoms with Crippen molar-refractivity contribution in [3.63, 3.8) is 0 Å². The number of aryl methyl sites for hydroxylation is 2. The molecule has 0 atom stereocenters. The van der Waals surface area contributed by atoms with Crippen molar-refractivity contribution in [3.8, 4) is 11.5 Å². The zero-order chi connectivity index (χ0) is 22.4. The van der Waals surface area contributed by atoms with E-state index in [-0.39, 0.29) is 10.8 Å². The van der Waals surface area contributed by atoms with E-state index in [1.807, 2.05) is 17.8 Å². The third-order valence-electron chi connectivity index (χ3n) is 7.77. The van der Waals surface area contributed by atoms with Gasteiger partial charge in [0.1, 0.15) is 18.2 Å². The standard InChI is InChI=1S/C29H30NO2/c1-17-7-9-19-21-15-18-8-10-22-25(29(4,5)12-11-28(22,2)3)20(18)16-23(21)32-26(19)24(17)27-30(6)13-14-31-27/h7-10,13-16H,11-12H2,1-6H3/q+1. The number of fused-ring (bicyclic) bond motifs is 6. The van der Waals surface area contributed by atoms with Gasteiger partial charge in [0, 0.05) is 10.8 Å². The van der Waals surface area contributed by atoms with Gasteiger partial charge in [-0.1, -0.05) is 52.0 Å². The smallest absolute Gasteiger partial charge is 0.384 e. The van der Waals surface area contributed by atoms with Crippen LogP contribution in [0.2, 0.25) is 0 Å². The van der Waals surface area contributed by atoms with Crippen LogP contribution in [0.15, 0.2) is 57.7 Å². The van der Waals surface area contributed by atoms with Gasteiger partial charge in [-0.25, -0.2) is 0 Å². The molecule has 0 spiro atoms. The fraction of sp³-hybridized carbons (Fsp3) is 0.345. The van der Waals surface area contributed by atoms with Crippen molar-refractivity contribution >= 4 is 32.7 Å². The molecule has 0 amide bonds. The lowest BCUT2D eigenvalue weighted by molar-refractivity contribution is -0.662. The highest BCUT2D eigenvalue weighted by Gasteiger charge is 2.38. The van der Waals surface area contributed by atoms with Crippen LogP contribution in [0, 0.1) is 6.92 Å². The van der Waals surface area contributed by atoms with Crippen molar-refractivity contribution in [1.29, 1.82) is 0 Å². The fourth-order valence-electron chi connectivity index (χ4n) is 5.77. The zero-order valence-electron chi connectivity index (χ0n) is 19.8. The fourth-order valence-corrected chi connectivity index (χ4v) is 5.77. The van der Waals surface area contributed by atoms with Crippen LogP contribution >= 0.6 is 0 Å². The third-order valence-corrected chi connectivity index (χ3v) is 7.77. The lowest BCUT2D eigenvalue weighted by Gasteiger charge is -2.42. The summed E-state index contributed by atoms with van der Waals surface area (Å²) >= 11 is 0. The molecule has 32 heavy (non-hydrogen) atoms. The van der Waals surface area contributed by atoms with Gasteiger partial charge in [-0.05, 0) is 70.2 Å². The van der Waals surface area contributed by atoms with Gasteiger partial charge >= 0.3 is 5.89 Å². The highest BCUT2D eigenvalue weighted by atomic mass is 16.4. The normalized spacial score (nSPS) is 17.3. The van der Waals surface area contributed by atoms with Crippen molar-refractivity contribution in [2.45, 2.75) is 58.3 Å². The first-order valence-corrected chi connectivity index (χ1v) is 11.5. The first-order valence-electron chi connectivity index (χ1n) is 11.5. The Kier molecular flexibility index (Phi) is 3.83. The van der Waals surface area contributed by atoms with Crippen LogP contribution in [0.25, 0.3) is 44.2 Å². The lowest BCUT2D eigenvalue weighted by atomic mass is 9.62. The number of rotatable bonds is 1. The van der Waals surface area contributed by atoms with Crippen molar-refractivity contribution < 1.29 is 13.4 Å². The molecule has 0 bridgehead atoms. The van der Waals surface area contributed by atoms with Gasteiger partial charge in [-0.3, -0.25) is 0 Å². The van der Waals surface area contributed by atoms with Gasteiger partial charge in [0.25, 0.3) is 0 Å². The summed E-state index contributed by atoms with van der Waals surface area (Å²) in [6.45, 7) is 11.7. The Morgan fingerprint density at radius 3 is 2.41 bits per heavy atom. The molecule has 3 nitrogen and oxygen atoms in total. The third kappa shape index (κ3) is 2.57. The molecule has 0 unspecified atom stereocenters. The maximum atomic E-state index is 6.59. The quantitative estimate of drug-likeness (QED) is 0.261. The molecule has 1 aliphatic rings. The summed E-state index contributed by atoms with van der Waals surface area (Å²) in [6, 6.07) is 13.6. The van der Waals surface area contributed by atoms with Crippen LogP contribution in [-0.2, 0) is 17.9 Å². The summed E-state index contributed by atoms with van der Waals surface area (Å²) in [5.41, 5.74) is 7.33. The van der Waals surface area contributed by atoms with E-state index < -0.39 is 0 Å². The lowest BCUT2D eigenvalue weighted by Crippen LogP contribution is -2.34. The number of hydrogen-bond acceptors (Lipinski definition) is 2. The predicted molar refractivity (Wildman–Crippen MR) is 130 cm³/mol. The van der Waals surface area contributed by atoms with E-state index in [1.165, 1.54) is 34.7 Å². The Balaban J connectivity index is 1.72. The summed E-state index contributed by atoms with van der Waals surface area (Å²) in [7, 11) is 2.00. The minimum absolute atomic E-state index is 0.147. The minimum atomic E-state index is 0.147. The van der Waals surface area contributed by atoms with E-state index in [0.29, 0.717) is 0 Å². The molecule has 5 aromatic rings. The van der Waals surface area contributed by atoms with E-state index in [1.54, 1.807) is 6.26 Å². The first kappa shape index (κ1) is 19.6. The van der Waals surface area contributed by atoms with Crippen molar-refractivity contribution in [3.05, 3.63) is 65.5 Å². The molecule has 2 heterocycles. The number of nitrogens with zero attached hydrogens (tertiary/aromatic N) is 1. The van der Waals surface area contributed by atoms with Crippen LogP contribution in [0.4, 0.5) is 0 Å². The van der Waals surface area contributed by atoms with E-state index in [2.05, 4.69) is 71.0 Å². The summed E-state index contributed by atoms with van der Waals surface area (Å²) < 4.78 is 14.4. The minimum Gasteiger partial charge on any atom is -0.455 e. The molecule has 6 rings (SSSR count). The Bertz CT molecular complexity index is 1540. The Hall–Kier alpha value is -3.07. The average Bonchev–Trinajstić information content (AvgIpc) is 3.32. The van der Waals surface area contributed by atoms with Crippen LogP contribution in [0.1, 0.15) is 57.2 Å². The van der Waals surface area contributed by atoms with E-state index in [0.717, 1.165) is 39.0 Å². The number of furan rings is 1. The van der Waals surface area contributed by atoms with Crippen molar-refractivity contribution in [2.75, 3.05) is 0 Å². The molecule has 2 aromatic heterocycles. The van der Waals surface area contributed by atoms with Crippen LogP contribution in [0.5, 0.6) is 0 Å². The maximum absolute atomic E-state index is 6.59. The topological polar surface area (TPSA) is 30.2 Å². The van der Waals surface area contributed by atoms with E-state index in [4.69, 9.17) is 8.83 Å². The molecule has 0 aliphatic heterocycles. The highest BCUT2D eigenvalue weighted by molar-refractivity contribution is 6.13. The molecule has 162 valence electrons. The van der Waals surface area contributed by atoms with Crippen molar-refractivity contribution in [2.24, 2.45) is 7.05 Å². The van der Waals surface area contributed by atoms with Crippen molar-refractivity contribution in [1.82, 2.24) is 0 Å². The van der Waals surface area contributed by atoms with Gasteiger partial charge < -0.3 is 8.83 Å². The molecule has 0 radical (unpaired) electrons. The maximum Gasteiger partial charge on any atom is 0.384 e. The second-order valence-corrected chi connectivity index (χ2v) is 10.9. The number of aromatic nitrogens is 1. The largest absolute Gasteiger partial charge is 0.455 e. The summed E-state index contributed by atoms with van der Waals surface area (Å²) in [5.74, 6) is 0.817. The first-order chi connectivity index (χ1) is 15.2. The monoisotopic (exact) mass is 424 g/mol. The summed E-state index contributed by atoms with van der Waals surface area (Å²) in [5, 5.41) is 4.91. The molecule has 0 N–H and O–H groups in total. The number of oxazole rings is 1. The molecule has 0 saturated heterocycles. The Morgan fingerprint density at radius 1 is 0.875 bits per heavy atom. The van der Waals surface area contributed by atoms with Crippen LogP contribution in [-0.4, -0.2) is 0 Å². The highest BCUT2D eigenvalue weighted by Crippen LogP contribution is 2.49. The Labute approximate surface area is 188 Å². The summed E-state index contributed by atoms with van der Waals surface area (Å²) in [4.78, 5) is 0. The second kappa shape index (κ2) is 6.25. The SMILES string of the molecule is Cc1ccc2c(oc3cc4c5c(ccc4cc32)C(C)(C)CCC5(C)C)c1-c1occ[n+]1C. The van der Waals surface area contributed by atoms with Gasteiger partial charge in [0.15, 0.2) is 11.8 Å². The van der Waals surface area contributed by atoms with Crippen LogP contribution in [0.3, 0.4) is 0 Å². The number of benzene rings is 3. The molecule has 3 aromatic carbocycles. The average molecular weight is 425 g/mol. The predicted octanol–water partition coefficient (Wildman–Crippen LogP) is 7.48. The molecule has 1 aliphatic carbocycles. The van der Waals surface area contributed by atoms with Gasteiger partial charge in [0.05, 0.1) is 0 Å². The molecule has 3 heteroatoms. The molecule has 0 fully saturated rings. The second-order valence-electron chi connectivity index (χ2n) is 10.9. The molecular formula is C29H30NO2+. The summed E-state index contributed by atoms with van der Waals surface area (Å²) in [6.07, 6.45) is 6.07. The number of hydrogen-bond donors (Lipinski definition) is 0. The van der Waals surface area contributed by atoms with Gasteiger partial charge in [0.2, 0.25) is 6.20 Å². The van der Waals surface area contributed by atoms with E-state index in [9.17, 15) is 0 Å². The van der Waals surface area contributed by atoms with E-state index >= 15 is 0 Å². The zero-order valence-corrected chi connectivity index (χ0v) is 19.8.